The lowest BCUT2D eigenvalue weighted by atomic mass is 9.86. The third-order valence-corrected chi connectivity index (χ3v) is 23.3. The van der Waals surface area contributed by atoms with Crippen molar-refractivity contribution >= 4 is 39.8 Å². The minimum Gasteiger partial charge on any atom is -0.201 e. The van der Waals surface area contributed by atoms with Crippen LogP contribution in [0.2, 0.25) is 58.9 Å². The summed E-state index contributed by atoms with van der Waals surface area (Å²) < 4.78 is 115. The lowest BCUT2D eigenvalue weighted by Crippen LogP contribution is -2.47. The highest BCUT2D eigenvalue weighted by atomic mass is 28.3. The van der Waals surface area contributed by atoms with Crippen LogP contribution in [0, 0.1) is 72.9 Å². The number of hydrogen-bond donors (Lipinski definition) is 0. The monoisotopic (exact) mass is 1330 g/mol. The Morgan fingerprint density at radius 3 is 1.20 bits per heavy atom. The van der Waals surface area contributed by atoms with Gasteiger partial charge in [0, 0.05) is 86.7 Å². The van der Waals surface area contributed by atoms with Crippen LogP contribution in [0.1, 0.15) is 121 Å². The summed E-state index contributed by atoms with van der Waals surface area (Å²) in [5, 5.41) is 4.07. The van der Waals surface area contributed by atoms with Gasteiger partial charge in [-0.05, 0) is 188 Å². The van der Waals surface area contributed by atoms with Crippen LogP contribution in [-0.4, -0.2) is 24.2 Å². The van der Waals surface area contributed by atoms with Gasteiger partial charge in [-0.1, -0.05) is 208 Å². The lowest BCUT2D eigenvalue weighted by Gasteiger charge is -2.25. The van der Waals surface area contributed by atoms with Gasteiger partial charge in [0.2, 0.25) is 22.8 Å². The molecule has 0 saturated carbocycles. The summed E-state index contributed by atoms with van der Waals surface area (Å²) in [6.07, 6.45) is 4.77. The van der Waals surface area contributed by atoms with E-state index in [-0.39, 0.29) is 0 Å². The second kappa shape index (κ2) is 30.3. The normalized spacial score (nSPS) is 14.6. The van der Waals surface area contributed by atoms with Crippen LogP contribution in [0.15, 0.2) is 183 Å². The number of rotatable bonds is 11. The molecule has 0 N–H and O–H groups in total. The third kappa shape index (κ3) is 19.9. The van der Waals surface area contributed by atoms with E-state index < -0.39 is 68.4 Å². The third-order valence-electron chi connectivity index (χ3n) is 17.2. The number of pyridine rings is 4. The molecule has 7 heteroatoms. The first-order valence-corrected chi connectivity index (χ1v) is 44.0. The Balaban J connectivity index is 0.000000206. The van der Waals surface area contributed by atoms with Crippen molar-refractivity contribution in [1.29, 1.82) is 0 Å². The molecule has 0 atom stereocenters. The Kier molecular flexibility index (Phi) is 18.4. The predicted molar refractivity (Wildman–Crippen MR) is 421 cm³/mol. The minimum atomic E-state index is -2.24. The molecule has 10 rings (SSSR count). The van der Waals surface area contributed by atoms with Crippen LogP contribution >= 0.6 is 0 Å². The summed E-state index contributed by atoms with van der Waals surface area (Å²) in [5.41, 5.74) is 19.4. The van der Waals surface area contributed by atoms with Gasteiger partial charge in [0.1, 0.15) is 28.2 Å². The molecule has 0 fully saturated rings. The molecule has 0 bridgehead atoms. The predicted octanol–water partition coefficient (Wildman–Crippen LogP) is 19.6. The standard InChI is InChI=1S/C28H38NSi.C26H32N.2C17H24NSi/c1-20-15-21(2)25(17-24(20)22-13-11-10-12-14-22)26-16-23(18-28(3,4)5)27(19-29(26)6)30(7,8)9;1-18-14-25(27(7)17-22(18)16-26(4,5)6)24-15-23(19(2)13-20(24)3)21-11-9-8-10-12-21;1-13-7-10-17(18(3)12-13)16-9-8-15(11-14(16)2)19(4,5)6;1-13-9-10-18(3)17(11-13)16-8-7-15(12-14(16)2)19(4,5)6/h10-17,19H,18H2,1-9H3;8-15,17H,16H2,1-7H3;2*7-12H,1-6H3/q4*+1/i1D3,18D2;2D3,16D2;1D3;. The van der Waals surface area contributed by atoms with Crippen molar-refractivity contribution in [3.63, 3.8) is 0 Å². The fraction of sp³-hybridized carbons (Fsp3) is 0.364. The molecule has 0 aliphatic carbocycles. The van der Waals surface area contributed by atoms with Gasteiger partial charge in [0.15, 0.2) is 24.8 Å². The molecule has 0 unspecified atom stereocenters. The Bertz CT molecular complexity index is 4830. The smallest absolute Gasteiger partial charge is 0.201 e. The number of hydrogen-bond acceptors (Lipinski definition) is 0. The van der Waals surface area contributed by atoms with Gasteiger partial charge in [0.05, 0.1) is 24.2 Å². The summed E-state index contributed by atoms with van der Waals surface area (Å²) in [6.45, 7) is 38.3. The topological polar surface area (TPSA) is 15.5 Å². The molecule has 4 aromatic heterocycles. The number of benzene rings is 6. The van der Waals surface area contributed by atoms with Gasteiger partial charge in [-0.25, -0.2) is 18.3 Å². The first kappa shape index (κ1) is 57.8. The highest BCUT2D eigenvalue weighted by molar-refractivity contribution is 6.89. The summed E-state index contributed by atoms with van der Waals surface area (Å²) in [4.78, 5) is 0. The Labute approximate surface area is 598 Å². The fourth-order valence-corrected chi connectivity index (χ4v) is 15.9. The zero-order valence-corrected chi connectivity index (χ0v) is 65.1. The Morgan fingerprint density at radius 1 is 0.337 bits per heavy atom. The van der Waals surface area contributed by atoms with Gasteiger partial charge in [-0.15, -0.1) is 0 Å². The second-order valence-corrected chi connectivity index (χ2v) is 46.5. The molecule has 0 spiro atoms. The van der Waals surface area contributed by atoms with E-state index in [4.69, 9.17) is 17.8 Å². The van der Waals surface area contributed by atoms with E-state index in [9.17, 15) is 0 Å². The minimum absolute atomic E-state index is 0.330. The van der Waals surface area contributed by atoms with Crippen LogP contribution in [0.25, 0.3) is 67.3 Å². The van der Waals surface area contributed by atoms with Crippen molar-refractivity contribution in [3.8, 4) is 67.3 Å². The van der Waals surface area contributed by atoms with Gasteiger partial charge < -0.3 is 0 Å². The second-order valence-electron chi connectivity index (χ2n) is 31.3. The largest absolute Gasteiger partial charge is 0.212 e. The Morgan fingerprint density at radius 2 is 0.768 bits per heavy atom. The summed E-state index contributed by atoms with van der Waals surface area (Å²) in [6, 6.07) is 52.3. The molecule has 4 heterocycles. The average molecular weight is 1330 g/mol. The van der Waals surface area contributed by atoms with Crippen LogP contribution in [0.4, 0.5) is 0 Å². The molecule has 0 amide bonds. The van der Waals surface area contributed by atoms with Crippen LogP contribution in [-0.2, 0) is 40.9 Å². The van der Waals surface area contributed by atoms with Crippen molar-refractivity contribution < 1.29 is 36.1 Å². The van der Waals surface area contributed by atoms with Crippen molar-refractivity contribution in [1.82, 2.24) is 0 Å². The van der Waals surface area contributed by atoms with Gasteiger partial charge in [0.25, 0.3) is 0 Å². The quantitative estimate of drug-likeness (QED) is 0.0906. The van der Waals surface area contributed by atoms with E-state index in [0.717, 1.165) is 72.3 Å². The van der Waals surface area contributed by atoms with Gasteiger partial charge >= 0.3 is 0 Å². The van der Waals surface area contributed by atoms with E-state index in [1.165, 1.54) is 38.3 Å². The molecule has 0 radical (unpaired) electrons. The highest BCUT2D eigenvalue weighted by Gasteiger charge is 2.30. The maximum absolute atomic E-state index is 9.12. The summed E-state index contributed by atoms with van der Waals surface area (Å²) in [5.74, 6) is 0. The molecular formula is C88H118N4Si3+4. The molecular weight excluding hydrogens is 1200 g/mol. The average Bonchev–Trinajstić information content (AvgIpc) is 0.749. The Hall–Kier alpha value is -7.43. The van der Waals surface area contributed by atoms with Crippen molar-refractivity contribution in [2.45, 2.75) is 175 Å². The molecule has 95 heavy (non-hydrogen) atoms. The number of aryl methyl sites for hydroxylation is 13. The summed E-state index contributed by atoms with van der Waals surface area (Å²) in [7, 11) is 3.51. The molecule has 6 aromatic carbocycles. The first-order valence-electron chi connectivity index (χ1n) is 40.0. The van der Waals surface area contributed by atoms with E-state index in [1.54, 1.807) is 24.4 Å². The first-order chi connectivity index (χ1) is 49.3. The molecule has 498 valence electrons. The molecule has 0 aliphatic rings. The maximum Gasteiger partial charge on any atom is 0.212 e. The lowest BCUT2D eigenvalue weighted by molar-refractivity contribution is -0.661. The maximum atomic E-state index is 9.12. The van der Waals surface area contributed by atoms with E-state index in [2.05, 4.69) is 157 Å². The molecule has 0 saturated heterocycles. The van der Waals surface area contributed by atoms with Crippen LogP contribution in [0.3, 0.4) is 0 Å². The van der Waals surface area contributed by atoms with Crippen LogP contribution < -0.4 is 33.8 Å². The highest BCUT2D eigenvalue weighted by Crippen LogP contribution is 2.35. The molecule has 0 aliphatic heterocycles. The van der Waals surface area contributed by atoms with Crippen LogP contribution in [0.5, 0.6) is 0 Å². The zero-order valence-electron chi connectivity index (χ0n) is 75.1. The molecule has 4 nitrogen and oxygen atoms in total. The number of aromatic nitrogens is 4. The number of nitrogens with zero attached hydrogens (tertiary/aromatic N) is 4. The van der Waals surface area contributed by atoms with Crippen molar-refractivity contribution in [2.24, 2.45) is 39.0 Å². The summed E-state index contributed by atoms with van der Waals surface area (Å²) >= 11 is 0. The van der Waals surface area contributed by atoms with Gasteiger partial charge in [-0.3, -0.25) is 0 Å². The van der Waals surface area contributed by atoms with Crippen molar-refractivity contribution in [3.05, 3.63) is 244 Å². The SMILES string of the molecule is Cc1cc[n+](C)c(-c2ccc([Si](C)(C)C)cc2C)c1.[2H]C([2H])([2H])c1cc(C)c(-c2cc(C([2H])([2H])C(C)(C)C)c([Si](C)(C)C)c[n+]2C)cc1-c1ccccc1.[2H]C([2H])([2H])c1cc(C)c(-c2cc(C)c(C([2H])([2H])C(C)(C)C)c[n+]2C)cc1-c1ccccc1.[2H]C([2H])([2H])c1ccc(-c2ccc([Si](C)(C)C)cc2C)[n+](C)c1. The molecule has 10 aromatic rings. The van der Waals surface area contributed by atoms with Crippen molar-refractivity contribution in [2.75, 3.05) is 0 Å². The van der Waals surface area contributed by atoms with Gasteiger partial charge in [-0.2, -0.15) is 0 Å². The van der Waals surface area contributed by atoms with E-state index >= 15 is 0 Å². The van der Waals surface area contributed by atoms with E-state index in [1.807, 2.05) is 190 Å². The van der Waals surface area contributed by atoms with E-state index in [0.29, 0.717) is 33.4 Å². The zero-order chi connectivity index (χ0) is 81.5. The fourth-order valence-electron chi connectivity index (χ4n) is 11.9.